The van der Waals surface area contributed by atoms with E-state index in [-0.39, 0.29) is 0 Å². The van der Waals surface area contributed by atoms with Crippen LogP contribution in [0.15, 0.2) is 48.7 Å². The van der Waals surface area contributed by atoms with Crippen molar-refractivity contribution >= 4 is 11.5 Å². The lowest BCUT2D eigenvalue weighted by atomic mass is 10.1. The van der Waals surface area contributed by atoms with Crippen LogP contribution in [0, 0.1) is 6.92 Å². The SMILES string of the molecule is COc1cccc(C2=CNCN2c2cccc(C)n2)c1. The summed E-state index contributed by atoms with van der Waals surface area (Å²) in [7, 11) is 1.68. The normalized spacial score (nSPS) is 13.9. The van der Waals surface area contributed by atoms with Crippen molar-refractivity contribution in [3.8, 4) is 5.75 Å². The van der Waals surface area contributed by atoms with Crippen molar-refractivity contribution in [2.75, 3.05) is 18.7 Å². The van der Waals surface area contributed by atoms with E-state index in [1.165, 1.54) is 0 Å². The Hall–Kier alpha value is -2.49. The van der Waals surface area contributed by atoms with Crippen LogP contribution in [0.4, 0.5) is 5.82 Å². The van der Waals surface area contributed by atoms with Gasteiger partial charge in [0.1, 0.15) is 11.6 Å². The summed E-state index contributed by atoms with van der Waals surface area (Å²) in [4.78, 5) is 6.74. The third kappa shape index (κ3) is 2.32. The highest BCUT2D eigenvalue weighted by molar-refractivity contribution is 5.80. The highest BCUT2D eigenvalue weighted by atomic mass is 16.5. The molecule has 2 heterocycles. The zero-order valence-corrected chi connectivity index (χ0v) is 11.6. The molecule has 3 rings (SSSR count). The Morgan fingerprint density at radius 2 is 2.05 bits per heavy atom. The Kier molecular flexibility index (Phi) is 3.29. The van der Waals surface area contributed by atoms with Gasteiger partial charge in [0, 0.05) is 17.5 Å². The molecule has 0 fully saturated rings. The van der Waals surface area contributed by atoms with Gasteiger partial charge in [0.2, 0.25) is 0 Å². The third-order valence-corrected chi connectivity index (χ3v) is 3.29. The Labute approximate surface area is 118 Å². The summed E-state index contributed by atoms with van der Waals surface area (Å²) in [6, 6.07) is 14.1. The molecule has 0 atom stereocenters. The number of anilines is 1. The highest BCUT2D eigenvalue weighted by Gasteiger charge is 2.19. The molecular weight excluding hydrogens is 250 g/mol. The standard InChI is InChI=1S/C16H17N3O/c1-12-5-3-8-16(18-12)19-11-17-10-15(19)13-6-4-7-14(9-13)20-2/h3-10,17H,11H2,1-2H3. The van der Waals surface area contributed by atoms with Crippen LogP contribution >= 0.6 is 0 Å². The molecule has 4 nitrogen and oxygen atoms in total. The van der Waals surface area contributed by atoms with E-state index in [1.54, 1.807) is 7.11 Å². The average molecular weight is 267 g/mol. The maximum Gasteiger partial charge on any atom is 0.134 e. The molecule has 1 aromatic carbocycles. The van der Waals surface area contributed by atoms with Gasteiger partial charge in [0.15, 0.2) is 0 Å². The van der Waals surface area contributed by atoms with Crippen molar-refractivity contribution in [2.45, 2.75) is 6.92 Å². The minimum atomic E-state index is 0.725. The third-order valence-electron chi connectivity index (χ3n) is 3.29. The van der Waals surface area contributed by atoms with Crippen LogP contribution in [0.1, 0.15) is 11.3 Å². The van der Waals surface area contributed by atoms with Crippen LogP contribution in [0.3, 0.4) is 0 Å². The molecule has 1 aromatic heterocycles. The van der Waals surface area contributed by atoms with Gasteiger partial charge in [0.25, 0.3) is 0 Å². The van der Waals surface area contributed by atoms with Gasteiger partial charge >= 0.3 is 0 Å². The maximum atomic E-state index is 5.29. The number of methoxy groups -OCH3 is 1. The van der Waals surface area contributed by atoms with Crippen LogP contribution in [0.2, 0.25) is 0 Å². The van der Waals surface area contributed by atoms with E-state index < -0.39 is 0 Å². The first kappa shape index (κ1) is 12.5. The number of nitrogens with one attached hydrogen (secondary N) is 1. The van der Waals surface area contributed by atoms with Gasteiger partial charge < -0.3 is 15.0 Å². The lowest BCUT2D eigenvalue weighted by molar-refractivity contribution is 0.414. The second-order valence-corrected chi connectivity index (χ2v) is 4.69. The zero-order chi connectivity index (χ0) is 13.9. The van der Waals surface area contributed by atoms with Crippen LogP contribution in [-0.2, 0) is 0 Å². The van der Waals surface area contributed by atoms with Gasteiger partial charge in [0.05, 0.1) is 19.5 Å². The summed E-state index contributed by atoms with van der Waals surface area (Å²) in [5.74, 6) is 1.80. The van der Waals surface area contributed by atoms with E-state index >= 15 is 0 Å². The number of benzene rings is 1. The lowest BCUT2D eigenvalue weighted by Crippen LogP contribution is -2.23. The number of ether oxygens (including phenoxy) is 1. The van der Waals surface area contributed by atoms with Gasteiger partial charge in [-0.3, -0.25) is 0 Å². The van der Waals surface area contributed by atoms with Crippen LogP contribution < -0.4 is 15.0 Å². The monoisotopic (exact) mass is 267 g/mol. The van der Waals surface area contributed by atoms with Crippen LogP contribution in [-0.4, -0.2) is 18.8 Å². The molecule has 2 aromatic rings. The molecular formula is C16H17N3O. The number of rotatable bonds is 3. The molecule has 0 radical (unpaired) electrons. The number of aryl methyl sites for hydroxylation is 1. The predicted octanol–water partition coefficient (Wildman–Crippen LogP) is 2.76. The quantitative estimate of drug-likeness (QED) is 0.928. The fourth-order valence-corrected chi connectivity index (χ4v) is 2.30. The van der Waals surface area contributed by atoms with Crippen molar-refractivity contribution < 1.29 is 4.74 Å². The van der Waals surface area contributed by atoms with Crippen molar-refractivity contribution in [3.63, 3.8) is 0 Å². The molecule has 1 aliphatic heterocycles. The molecule has 0 saturated heterocycles. The van der Waals surface area contributed by atoms with E-state index in [9.17, 15) is 0 Å². The number of hydrogen-bond donors (Lipinski definition) is 1. The molecule has 0 aliphatic carbocycles. The molecule has 0 amide bonds. The summed E-state index contributed by atoms with van der Waals surface area (Å²) >= 11 is 0. The minimum absolute atomic E-state index is 0.725. The number of nitrogens with zero attached hydrogens (tertiary/aromatic N) is 2. The Morgan fingerprint density at radius 3 is 2.85 bits per heavy atom. The van der Waals surface area contributed by atoms with Crippen LogP contribution in [0.25, 0.3) is 5.70 Å². The van der Waals surface area contributed by atoms with Crippen molar-refractivity contribution in [2.24, 2.45) is 0 Å². The largest absolute Gasteiger partial charge is 0.497 e. The van der Waals surface area contributed by atoms with E-state index in [2.05, 4.69) is 21.3 Å². The molecule has 4 heteroatoms. The summed E-state index contributed by atoms with van der Waals surface area (Å²) in [5.41, 5.74) is 3.22. The van der Waals surface area contributed by atoms with Crippen molar-refractivity contribution in [1.82, 2.24) is 10.3 Å². The van der Waals surface area contributed by atoms with Crippen molar-refractivity contribution in [3.05, 3.63) is 59.9 Å². The van der Waals surface area contributed by atoms with Gasteiger partial charge in [-0.05, 0) is 31.2 Å². The number of aromatic nitrogens is 1. The molecule has 1 aliphatic rings. The van der Waals surface area contributed by atoms with Crippen molar-refractivity contribution in [1.29, 1.82) is 0 Å². The minimum Gasteiger partial charge on any atom is -0.497 e. The molecule has 102 valence electrons. The first-order valence-electron chi connectivity index (χ1n) is 6.57. The zero-order valence-electron chi connectivity index (χ0n) is 11.6. The predicted molar refractivity (Wildman–Crippen MR) is 80.4 cm³/mol. The van der Waals surface area contributed by atoms with Gasteiger partial charge in [-0.1, -0.05) is 18.2 Å². The number of pyridine rings is 1. The summed E-state index contributed by atoms with van der Waals surface area (Å²) in [6.07, 6.45) is 2.01. The van der Waals surface area contributed by atoms with E-state index in [0.717, 1.165) is 35.2 Å². The van der Waals surface area contributed by atoms with E-state index in [0.29, 0.717) is 0 Å². The Bertz CT molecular complexity index is 652. The van der Waals surface area contributed by atoms with Gasteiger partial charge in [-0.25, -0.2) is 4.98 Å². The molecule has 0 spiro atoms. The van der Waals surface area contributed by atoms with Gasteiger partial charge in [-0.2, -0.15) is 0 Å². The first-order valence-corrected chi connectivity index (χ1v) is 6.57. The Balaban J connectivity index is 1.96. The van der Waals surface area contributed by atoms with Crippen LogP contribution in [0.5, 0.6) is 5.75 Å². The summed E-state index contributed by atoms with van der Waals surface area (Å²) < 4.78 is 5.29. The van der Waals surface area contributed by atoms with E-state index in [4.69, 9.17) is 4.74 Å². The first-order chi connectivity index (χ1) is 9.78. The smallest absolute Gasteiger partial charge is 0.134 e. The second kappa shape index (κ2) is 5.25. The molecule has 0 saturated carbocycles. The molecule has 1 N–H and O–H groups in total. The molecule has 20 heavy (non-hydrogen) atoms. The summed E-state index contributed by atoms with van der Waals surface area (Å²) in [6.45, 7) is 2.73. The average Bonchev–Trinajstić information content (AvgIpc) is 2.97. The van der Waals surface area contributed by atoms with E-state index in [1.807, 2.05) is 49.5 Å². The highest BCUT2D eigenvalue weighted by Crippen LogP contribution is 2.28. The lowest BCUT2D eigenvalue weighted by Gasteiger charge is -2.21. The fourth-order valence-electron chi connectivity index (χ4n) is 2.30. The molecule has 0 unspecified atom stereocenters. The maximum absolute atomic E-state index is 5.29. The second-order valence-electron chi connectivity index (χ2n) is 4.69. The molecule has 0 bridgehead atoms. The van der Waals surface area contributed by atoms with Gasteiger partial charge in [-0.15, -0.1) is 0 Å². The number of hydrogen-bond acceptors (Lipinski definition) is 4. The Morgan fingerprint density at radius 1 is 1.20 bits per heavy atom. The topological polar surface area (TPSA) is 37.4 Å². The summed E-state index contributed by atoms with van der Waals surface area (Å²) in [5, 5.41) is 3.26. The fraction of sp³-hybridized carbons (Fsp3) is 0.188.